The van der Waals surface area contributed by atoms with Crippen LogP contribution in [-0.4, -0.2) is 26.0 Å². The molecule has 2 heterocycles. The summed E-state index contributed by atoms with van der Waals surface area (Å²) in [7, 11) is 0. The summed E-state index contributed by atoms with van der Waals surface area (Å²) in [4.78, 5) is 23.3. The lowest BCUT2D eigenvalue weighted by Crippen LogP contribution is -2.26. The number of pyridine rings is 1. The van der Waals surface area contributed by atoms with Gasteiger partial charge in [-0.15, -0.1) is 0 Å². The Kier molecular flexibility index (Phi) is 3.26. The summed E-state index contributed by atoms with van der Waals surface area (Å²) in [5, 5.41) is 9.32. The number of imidazole rings is 1. The lowest BCUT2D eigenvalue weighted by atomic mass is 9.79. The van der Waals surface area contributed by atoms with Crippen molar-refractivity contribution >= 4 is 33.1 Å². The van der Waals surface area contributed by atoms with Crippen LogP contribution < -0.4 is 0 Å². The van der Waals surface area contributed by atoms with E-state index in [1.165, 1.54) is 0 Å². The molecular weight excluding hydrogens is 310 g/mol. The molecule has 100 valence electrons. The molecule has 19 heavy (non-hydrogen) atoms. The monoisotopic (exact) mass is 323 g/mol. The molecule has 1 aliphatic rings. The molecular formula is C13H14BrN3O2. The fraction of sp³-hybridized carbons (Fsp3) is 0.462. The van der Waals surface area contributed by atoms with E-state index >= 15 is 0 Å². The van der Waals surface area contributed by atoms with Gasteiger partial charge in [0.2, 0.25) is 0 Å². The van der Waals surface area contributed by atoms with Crippen molar-refractivity contribution in [2.45, 2.75) is 31.6 Å². The molecule has 5 nitrogen and oxygen atoms in total. The number of nitrogens with one attached hydrogen (secondary N) is 1. The van der Waals surface area contributed by atoms with Crippen LogP contribution in [0.5, 0.6) is 0 Å². The third-order valence-corrected chi connectivity index (χ3v) is 4.19. The predicted octanol–water partition coefficient (Wildman–Crippen LogP) is 3.08. The summed E-state index contributed by atoms with van der Waals surface area (Å²) in [6, 6.07) is 1.91. The lowest BCUT2D eigenvalue weighted by molar-refractivity contribution is -0.143. The van der Waals surface area contributed by atoms with E-state index in [-0.39, 0.29) is 11.8 Å². The summed E-state index contributed by atoms with van der Waals surface area (Å²) < 4.78 is 0.883. The Morgan fingerprint density at radius 2 is 2.21 bits per heavy atom. The van der Waals surface area contributed by atoms with E-state index in [1.54, 1.807) is 6.20 Å². The Bertz CT molecular complexity index is 625. The number of carboxylic acid groups (broad SMARTS) is 1. The van der Waals surface area contributed by atoms with Gasteiger partial charge in [-0.1, -0.05) is 12.8 Å². The summed E-state index contributed by atoms with van der Waals surface area (Å²) in [6.45, 7) is 0. The van der Waals surface area contributed by atoms with Crippen molar-refractivity contribution in [3.8, 4) is 0 Å². The minimum Gasteiger partial charge on any atom is -0.481 e. The molecule has 0 aromatic carbocycles. The maximum Gasteiger partial charge on any atom is 0.307 e. The Morgan fingerprint density at radius 3 is 3.00 bits per heavy atom. The summed E-state index contributed by atoms with van der Waals surface area (Å²) in [6.07, 6.45) is 5.34. The average Bonchev–Trinajstić information content (AvgIpc) is 2.81. The number of aliphatic carboxylic acids is 1. The second kappa shape index (κ2) is 4.92. The van der Waals surface area contributed by atoms with Crippen molar-refractivity contribution in [1.82, 2.24) is 15.0 Å². The average molecular weight is 324 g/mol. The molecule has 2 aromatic rings. The smallest absolute Gasteiger partial charge is 0.307 e. The summed E-state index contributed by atoms with van der Waals surface area (Å²) >= 11 is 3.37. The number of carboxylic acids is 1. The standard InChI is InChI=1S/C13H14BrN3O2/c14-7-5-10-12(15-6-7)17-11(16-10)8-3-1-2-4-9(8)13(18)19/h5-6,8-9H,1-4H2,(H,18,19)(H,15,16,17). The first-order valence-corrected chi connectivity index (χ1v) is 7.18. The van der Waals surface area contributed by atoms with Gasteiger partial charge < -0.3 is 10.1 Å². The second-order valence-corrected chi connectivity index (χ2v) is 5.90. The highest BCUT2D eigenvalue weighted by atomic mass is 79.9. The van der Waals surface area contributed by atoms with Gasteiger partial charge in [0, 0.05) is 16.6 Å². The lowest BCUT2D eigenvalue weighted by Gasteiger charge is -2.26. The molecule has 0 amide bonds. The van der Waals surface area contributed by atoms with Gasteiger partial charge in [-0.25, -0.2) is 9.97 Å². The van der Waals surface area contributed by atoms with Crippen molar-refractivity contribution in [2.24, 2.45) is 5.92 Å². The molecule has 2 atom stereocenters. The van der Waals surface area contributed by atoms with Gasteiger partial charge in [-0.05, 0) is 34.8 Å². The Balaban J connectivity index is 1.99. The van der Waals surface area contributed by atoms with Gasteiger partial charge >= 0.3 is 5.97 Å². The summed E-state index contributed by atoms with van der Waals surface area (Å²) in [5.74, 6) is -0.330. The number of aromatic amines is 1. The highest BCUT2D eigenvalue weighted by Crippen LogP contribution is 2.37. The fourth-order valence-corrected chi connectivity index (χ4v) is 3.15. The zero-order valence-electron chi connectivity index (χ0n) is 10.3. The largest absolute Gasteiger partial charge is 0.481 e. The molecule has 0 radical (unpaired) electrons. The molecule has 0 spiro atoms. The SMILES string of the molecule is O=C(O)C1CCCCC1c1nc2ncc(Br)cc2[nH]1. The van der Waals surface area contributed by atoms with E-state index in [0.717, 1.165) is 41.5 Å². The minimum atomic E-state index is -0.723. The van der Waals surface area contributed by atoms with Crippen molar-refractivity contribution < 1.29 is 9.90 Å². The predicted molar refractivity (Wildman–Crippen MR) is 73.9 cm³/mol. The quantitative estimate of drug-likeness (QED) is 0.890. The molecule has 6 heteroatoms. The maximum atomic E-state index is 11.3. The molecule has 3 rings (SSSR count). The Labute approximate surface area is 118 Å². The van der Waals surface area contributed by atoms with Crippen LogP contribution in [0.2, 0.25) is 0 Å². The third kappa shape index (κ3) is 2.36. The van der Waals surface area contributed by atoms with Crippen LogP contribution in [0.4, 0.5) is 0 Å². The van der Waals surface area contributed by atoms with E-state index in [1.807, 2.05) is 6.07 Å². The van der Waals surface area contributed by atoms with Crippen LogP contribution in [0.15, 0.2) is 16.7 Å². The highest BCUT2D eigenvalue weighted by molar-refractivity contribution is 9.10. The molecule has 0 aliphatic heterocycles. The van der Waals surface area contributed by atoms with E-state index in [9.17, 15) is 9.90 Å². The molecule has 1 saturated carbocycles. The fourth-order valence-electron chi connectivity index (χ4n) is 2.82. The van der Waals surface area contributed by atoms with E-state index in [2.05, 4.69) is 30.9 Å². The maximum absolute atomic E-state index is 11.3. The topological polar surface area (TPSA) is 78.9 Å². The molecule has 0 saturated heterocycles. The normalized spacial score (nSPS) is 23.6. The van der Waals surface area contributed by atoms with E-state index in [0.29, 0.717) is 5.65 Å². The van der Waals surface area contributed by atoms with Gasteiger partial charge in [-0.3, -0.25) is 4.79 Å². The first kappa shape index (κ1) is 12.6. The molecule has 2 aromatic heterocycles. The Morgan fingerprint density at radius 1 is 1.42 bits per heavy atom. The number of carbonyl (C=O) groups is 1. The number of fused-ring (bicyclic) bond motifs is 1. The number of aromatic nitrogens is 3. The number of nitrogens with zero attached hydrogens (tertiary/aromatic N) is 2. The number of halogens is 1. The van der Waals surface area contributed by atoms with Gasteiger partial charge in [0.1, 0.15) is 5.82 Å². The minimum absolute atomic E-state index is 0.0285. The third-order valence-electron chi connectivity index (χ3n) is 3.76. The number of hydrogen-bond donors (Lipinski definition) is 2. The van der Waals surface area contributed by atoms with Crippen LogP contribution in [0, 0.1) is 5.92 Å². The molecule has 1 aliphatic carbocycles. The molecule has 2 unspecified atom stereocenters. The number of hydrogen-bond acceptors (Lipinski definition) is 3. The van der Waals surface area contributed by atoms with Crippen molar-refractivity contribution in [2.75, 3.05) is 0 Å². The van der Waals surface area contributed by atoms with Crippen molar-refractivity contribution in [1.29, 1.82) is 0 Å². The van der Waals surface area contributed by atoms with Crippen molar-refractivity contribution in [3.05, 3.63) is 22.6 Å². The highest BCUT2D eigenvalue weighted by Gasteiger charge is 2.33. The first-order chi connectivity index (χ1) is 9.15. The van der Waals surface area contributed by atoms with Crippen molar-refractivity contribution in [3.63, 3.8) is 0 Å². The first-order valence-electron chi connectivity index (χ1n) is 6.39. The van der Waals surface area contributed by atoms with Crippen LogP contribution in [0.25, 0.3) is 11.2 Å². The van der Waals surface area contributed by atoms with E-state index < -0.39 is 5.97 Å². The molecule has 1 fully saturated rings. The van der Waals surface area contributed by atoms with Gasteiger partial charge in [-0.2, -0.15) is 0 Å². The zero-order valence-corrected chi connectivity index (χ0v) is 11.9. The van der Waals surface area contributed by atoms with Crippen LogP contribution in [0.1, 0.15) is 37.4 Å². The number of rotatable bonds is 2. The van der Waals surface area contributed by atoms with Crippen LogP contribution >= 0.6 is 15.9 Å². The zero-order chi connectivity index (χ0) is 13.4. The van der Waals surface area contributed by atoms with Crippen LogP contribution in [-0.2, 0) is 4.79 Å². The summed E-state index contributed by atoms with van der Waals surface area (Å²) in [5.41, 5.74) is 1.49. The van der Waals surface area contributed by atoms with E-state index in [4.69, 9.17) is 0 Å². The second-order valence-electron chi connectivity index (χ2n) is 4.98. The van der Waals surface area contributed by atoms with Gasteiger partial charge in [0.25, 0.3) is 0 Å². The Hall–Kier alpha value is -1.43. The van der Waals surface area contributed by atoms with Gasteiger partial charge in [0.15, 0.2) is 5.65 Å². The molecule has 2 N–H and O–H groups in total. The number of H-pyrrole nitrogens is 1. The van der Waals surface area contributed by atoms with Gasteiger partial charge in [0.05, 0.1) is 11.4 Å². The molecule has 0 bridgehead atoms. The van der Waals surface area contributed by atoms with Crippen LogP contribution in [0.3, 0.4) is 0 Å².